The minimum absolute atomic E-state index is 0.434. The highest BCUT2D eigenvalue weighted by Crippen LogP contribution is 2.20. The Bertz CT molecular complexity index is 715. The van der Waals surface area contributed by atoms with Crippen molar-refractivity contribution in [3.8, 4) is 0 Å². The highest BCUT2D eigenvalue weighted by molar-refractivity contribution is 5.93. The molecule has 25 heavy (non-hydrogen) atoms. The van der Waals surface area contributed by atoms with E-state index in [2.05, 4.69) is 20.2 Å². The number of hydrogen-bond acceptors (Lipinski definition) is 6. The van der Waals surface area contributed by atoms with Crippen LogP contribution >= 0.6 is 0 Å². The largest absolute Gasteiger partial charge is 0.444 e. The Balaban J connectivity index is 1.45. The number of oxazole rings is 1. The van der Waals surface area contributed by atoms with Crippen LogP contribution in [0.5, 0.6) is 0 Å². The smallest absolute Gasteiger partial charge is 0.248 e. The van der Waals surface area contributed by atoms with Crippen molar-refractivity contribution in [2.75, 3.05) is 25.0 Å². The molecule has 1 aliphatic rings. The first-order chi connectivity index (χ1) is 12.0. The molecular weight excluding hydrogens is 318 g/mol. The van der Waals surface area contributed by atoms with Crippen molar-refractivity contribution in [1.82, 2.24) is 14.9 Å². The Kier molecular flexibility index (Phi) is 5.33. The van der Waals surface area contributed by atoms with Crippen LogP contribution in [0.2, 0.25) is 0 Å². The van der Waals surface area contributed by atoms with Crippen molar-refractivity contribution in [2.45, 2.75) is 33.2 Å². The third-order valence-corrected chi connectivity index (χ3v) is 4.76. The maximum atomic E-state index is 11.2. The third-order valence-electron chi connectivity index (χ3n) is 4.76. The van der Waals surface area contributed by atoms with E-state index in [-0.39, 0.29) is 0 Å². The maximum absolute atomic E-state index is 11.2. The van der Waals surface area contributed by atoms with Gasteiger partial charge in [-0.05, 0) is 57.8 Å². The van der Waals surface area contributed by atoms with Crippen LogP contribution in [0.15, 0.2) is 22.7 Å². The quantitative estimate of drug-likeness (QED) is 0.834. The van der Waals surface area contributed by atoms with E-state index in [1.807, 2.05) is 13.8 Å². The molecule has 0 bridgehead atoms. The van der Waals surface area contributed by atoms with Crippen LogP contribution in [-0.2, 0) is 6.54 Å². The summed E-state index contributed by atoms with van der Waals surface area (Å²) in [5, 5.41) is 3.32. The van der Waals surface area contributed by atoms with E-state index in [0.717, 1.165) is 56.4 Å². The fourth-order valence-electron chi connectivity index (χ4n) is 3.08. The second kappa shape index (κ2) is 7.65. The van der Waals surface area contributed by atoms with E-state index in [0.29, 0.717) is 17.3 Å². The number of aromatic nitrogens is 2. The van der Waals surface area contributed by atoms with Crippen molar-refractivity contribution in [1.29, 1.82) is 0 Å². The molecule has 3 N–H and O–H groups in total. The van der Waals surface area contributed by atoms with Crippen LogP contribution in [0.1, 0.15) is 40.5 Å². The number of primary amides is 1. The Hall–Kier alpha value is -2.41. The van der Waals surface area contributed by atoms with Crippen molar-refractivity contribution in [3.05, 3.63) is 41.2 Å². The summed E-state index contributed by atoms with van der Waals surface area (Å²) < 4.78 is 5.67. The predicted octanol–water partition coefficient (Wildman–Crippen LogP) is 2.11. The molecule has 0 spiro atoms. The number of aryl methyl sites for hydroxylation is 2. The highest BCUT2D eigenvalue weighted by atomic mass is 16.4. The van der Waals surface area contributed by atoms with Crippen molar-refractivity contribution in [2.24, 2.45) is 11.7 Å². The number of nitrogens with one attached hydrogen (secondary N) is 1. The zero-order chi connectivity index (χ0) is 17.8. The molecule has 134 valence electrons. The van der Waals surface area contributed by atoms with Gasteiger partial charge in [-0.25, -0.2) is 9.97 Å². The Morgan fingerprint density at radius 2 is 2.16 bits per heavy atom. The molecule has 1 saturated heterocycles. The molecule has 1 fully saturated rings. The summed E-state index contributed by atoms with van der Waals surface area (Å²) in [4.78, 5) is 22.3. The van der Waals surface area contributed by atoms with E-state index in [4.69, 9.17) is 10.2 Å². The van der Waals surface area contributed by atoms with Gasteiger partial charge in [0.2, 0.25) is 11.8 Å². The fourth-order valence-corrected chi connectivity index (χ4v) is 3.08. The number of amides is 1. The monoisotopic (exact) mass is 343 g/mol. The molecule has 2 aromatic heterocycles. The average molecular weight is 343 g/mol. The maximum Gasteiger partial charge on any atom is 0.248 e. The van der Waals surface area contributed by atoms with Crippen molar-refractivity contribution < 1.29 is 9.21 Å². The SMILES string of the molecule is Cc1nc(CN2CCC(CNc3cc(C(N)=O)ccn3)CC2)oc1C. The average Bonchev–Trinajstić information content (AvgIpc) is 2.92. The van der Waals surface area contributed by atoms with E-state index in [9.17, 15) is 4.79 Å². The van der Waals surface area contributed by atoms with Crippen LogP contribution in [-0.4, -0.2) is 40.4 Å². The number of hydrogen-bond donors (Lipinski definition) is 2. The van der Waals surface area contributed by atoms with Crippen LogP contribution < -0.4 is 11.1 Å². The summed E-state index contributed by atoms with van der Waals surface area (Å²) in [6.07, 6.45) is 3.83. The van der Waals surface area contributed by atoms with E-state index < -0.39 is 5.91 Å². The lowest BCUT2D eigenvalue weighted by Gasteiger charge is -2.31. The molecule has 0 radical (unpaired) electrons. The number of carbonyl (C=O) groups is 1. The summed E-state index contributed by atoms with van der Waals surface area (Å²) in [6.45, 7) is 7.60. The first-order valence-electron chi connectivity index (χ1n) is 8.66. The highest BCUT2D eigenvalue weighted by Gasteiger charge is 2.21. The molecule has 7 nitrogen and oxygen atoms in total. The molecule has 7 heteroatoms. The van der Waals surface area contributed by atoms with Crippen LogP contribution in [0.3, 0.4) is 0 Å². The van der Waals surface area contributed by atoms with E-state index >= 15 is 0 Å². The molecule has 0 saturated carbocycles. The van der Waals surface area contributed by atoms with Gasteiger partial charge in [-0.1, -0.05) is 0 Å². The lowest BCUT2D eigenvalue weighted by atomic mass is 9.97. The van der Waals surface area contributed by atoms with Gasteiger partial charge in [0, 0.05) is 18.3 Å². The minimum atomic E-state index is -0.434. The molecule has 0 aliphatic carbocycles. The second-order valence-electron chi connectivity index (χ2n) is 6.64. The van der Waals surface area contributed by atoms with Gasteiger partial charge >= 0.3 is 0 Å². The second-order valence-corrected chi connectivity index (χ2v) is 6.64. The molecule has 1 aliphatic heterocycles. The topological polar surface area (TPSA) is 97.3 Å². The summed E-state index contributed by atoms with van der Waals surface area (Å²) in [6, 6.07) is 3.32. The lowest BCUT2D eigenvalue weighted by Crippen LogP contribution is -2.35. The zero-order valence-corrected chi connectivity index (χ0v) is 14.8. The normalized spacial score (nSPS) is 16.1. The number of anilines is 1. The number of carbonyl (C=O) groups excluding carboxylic acids is 1. The first-order valence-corrected chi connectivity index (χ1v) is 8.66. The van der Waals surface area contributed by atoms with Gasteiger partial charge in [0.25, 0.3) is 0 Å². The molecule has 0 atom stereocenters. The molecule has 3 heterocycles. The van der Waals surface area contributed by atoms with Gasteiger partial charge in [0.05, 0.1) is 12.2 Å². The Morgan fingerprint density at radius 1 is 1.40 bits per heavy atom. The van der Waals surface area contributed by atoms with E-state index in [1.165, 1.54) is 0 Å². The minimum Gasteiger partial charge on any atom is -0.444 e. The van der Waals surface area contributed by atoms with Crippen molar-refractivity contribution >= 4 is 11.7 Å². The standard InChI is InChI=1S/C18H25N5O2/c1-12-13(2)25-17(22-12)11-23-7-4-14(5-8-23)10-21-16-9-15(18(19)24)3-6-20-16/h3,6,9,14H,4-5,7-8,10-11H2,1-2H3,(H2,19,24)(H,20,21). The number of nitrogens with two attached hydrogens (primary N) is 1. The van der Waals surface area contributed by atoms with Gasteiger partial charge < -0.3 is 15.5 Å². The number of likely N-dealkylation sites (tertiary alicyclic amines) is 1. The Morgan fingerprint density at radius 3 is 2.80 bits per heavy atom. The van der Waals surface area contributed by atoms with Gasteiger partial charge in [-0.2, -0.15) is 0 Å². The van der Waals surface area contributed by atoms with Crippen molar-refractivity contribution in [3.63, 3.8) is 0 Å². The summed E-state index contributed by atoms with van der Waals surface area (Å²) in [5.74, 6) is 2.56. The van der Waals surface area contributed by atoms with E-state index in [1.54, 1.807) is 18.3 Å². The molecule has 0 unspecified atom stereocenters. The van der Waals surface area contributed by atoms with Crippen LogP contribution in [0.25, 0.3) is 0 Å². The van der Waals surface area contributed by atoms with Gasteiger partial charge in [0.1, 0.15) is 11.6 Å². The first kappa shape index (κ1) is 17.4. The Labute approximate surface area is 147 Å². The summed E-state index contributed by atoms with van der Waals surface area (Å²) >= 11 is 0. The third kappa shape index (κ3) is 4.57. The molecule has 1 amide bonds. The molecular formula is C18H25N5O2. The number of rotatable bonds is 6. The van der Waals surface area contributed by atoms with Gasteiger partial charge in [-0.15, -0.1) is 0 Å². The van der Waals surface area contributed by atoms with Crippen LogP contribution in [0.4, 0.5) is 5.82 Å². The molecule has 0 aromatic carbocycles. The van der Waals surface area contributed by atoms with Crippen LogP contribution in [0, 0.1) is 19.8 Å². The number of nitrogens with zero attached hydrogens (tertiary/aromatic N) is 3. The number of piperidine rings is 1. The van der Waals surface area contributed by atoms with Gasteiger partial charge in [-0.3, -0.25) is 9.69 Å². The summed E-state index contributed by atoms with van der Waals surface area (Å²) in [7, 11) is 0. The lowest BCUT2D eigenvalue weighted by molar-refractivity contribution is 0.1000. The summed E-state index contributed by atoms with van der Waals surface area (Å²) in [5.41, 5.74) is 6.75. The molecule has 2 aromatic rings. The fraction of sp³-hybridized carbons (Fsp3) is 0.500. The zero-order valence-electron chi connectivity index (χ0n) is 14.8. The predicted molar refractivity (Wildman–Crippen MR) is 95.2 cm³/mol. The number of pyridine rings is 1. The molecule has 3 rings (SSSR count). The van der Waals surface area contributed by atoms with Gasteiger partial charge in [0.15, 0.2) is 0 Å².